The fraction of sp³-hybridized carbons (Fsp3) is 0.182. The molecule has 0 spiro atoms. The summed E-state index contributed by atoms with van der Waals surface area (Å²) in [6.45, 7) is 0.595. The average Bonchev–Trinajstić information content (AvgIpc) is 2.78. The molecule has 1 amide bonds. The SMILES string of the molecule is COc1cccc(C(=O)Nc2ccc(NCc3ccc(OC)c(OC)c3)cn2)c1. The molecule has 150 valence electrons. The lowest BCUT2D eigenvalue weighted by molar-refractivity contribution is 0.102. The number of benzene rings is 2. The first-order valence-electron chi connectivity index (χ1n) is 8.99. The van der Waals surface area contributed by atoms with Crippen LogP contribution < -0.4 is 24.8 Å². The molecule has 0 saturated carbocycles. The Balaban J connectivity index is 1.59. The van der Waals surface area contributed by atoms with E-state index in [1.807, 2.05) is 24.3 Å². The third kappa shape index (κ3) is 5.16. The predicted octanol–water partition coefficient (Wildman–Crippen LogP) is 3.97. The van der Waals surface area contributed by atoms with E-state index >= 15 is 0 Å². The first kappa shape index (κ1) is 20.0. The maximum Gasteiger partial charge on any atom is 0.256 e. The summed E-state index contributed by atoms with van der Waals surface area (Å²) in [5, 5.41) is 6.06. The lowest BCUT2D eigenvalue weighted by Crippen LogP contribution is -2.13. The summed E-state index contributed by atoms with van der Waals surface area (Å²) in [6, 6.07) is 16.3. The lowest BCUT2D eigenvalue weighted by atomic mass is 10.2. The normalized spacial score (nSPS) is 10.2. The highest BCUT2D eigenvalue weighted by Gasteiger charge is 2.08. The molecule has 0 aliphatic heterocycles. The zero-order valence-electron chi connectivity index (χ0n) is 16.6. The van der Waals surface area contributed by atoms with Crippen LogP contribution in [0.3, 0.4) is 0 Å². The van der Waals surface area contributed by atoms with Crippen LogP contribution in [0.1, 0.15) is 15.9 Å². The van der Waals surface area contributed by atoms with Crippen LogP contribution in [0.25, 0.3) is 0 Å². The molecule has 1 heterocycles. The average molecular weight is 393 g/mol. The molecule has 0 aliphatic carbocycles. The molecule has 0 saturated heterocycles. The molecule has 2 N–H and O–H groups in total. The Kier molecular flexibility index (Phi) is 6.52. The van der Waals surface area contributed by atoms with Crippen LogP contribution in [0.2, 0.25) is 0 Å². The van der Waals surface area contributed by atoms with E-state index in [1.54, 1.807) is 57.9 Å². The minimum Gasteiger partial charge on any atom is -0.497 e. The van der Waals surface area contributed by atoms with Gasteiger partial charge in [-0.25, -0.2) is 4.98 Å². The predicted molar refractivity (Wildman–Crippen MR) is 112 cm³/mol. The molecular formula is C22H23N3O4. The monoisotopic (exact) mass is 393 g/mol. The molecule has 0 bridgehead atoms. The number of anilines is 2. The van der Waals surface area contributed by atoms with Crippen molar-refractivity contribution < 1.29 is 19.0 Å². The van der Waals surface area contributed by atoms with E-state index in [4.69, 9.17) is 14.2 Å². The highest BCUT2D eigenvalue weighted by Crippen LogP contribution is 2.27. The number of pyridine rings is 1. The maximum atomic E-state index is 12.3. The molecule has 0 unspecified atom stereocenters. The summed E-state index contributed by atoms with van der Waals surface area (Å²) in [5.41, 5.74) is 2.37. The van der Waals surface area contributed by atoms with Gasteiger partial charge in [-0.1, -0.05) is 12.1 Å². The second-order valence-electron chi connectivity index (χ2n) is 6.16. The van der Waals surface area contributed by atoms with Gasteiger partial charge in [0.15, 0.2) is 11.5 Å². The Morgan fingerprint density at radius 2 is 1.76 bits per heavy atom. The smallest absolute Gasteiger partial charge is 0.256 e. The van der Waals surface area contributed by atoms with Crippen LogP contribution in [0.5, 0.6) is 17.2 Å². The number of aromatic nitrogens is 1. The van der Waals surface area contributed by atoms with E-state index in [0.717, 1.165) is 11.3 Å². The zero-order valence-corrected chi connectivity index (χ0v) is 16.6. The number of carbonyl (C=O) groups is 1. The van der Waals surface area contributed by atoms with Crippen LogP contribution in [0.15, 0.2) is 60.8 Å². The van der Waals surface area contributed by atoms with Crippen molar-refractivity contribution in [2.75, 3.05) is 32.0 Å². The molecule has 0 radical (unpaired) electrons. The van der Waals surface area contributed by atoms with Gasteiger partial charge < -0.3 is 24.8 Å². The van der Waals surface area contributed by atoms with Gasteiger partial charge in [0.2, 0.25) is 0 Å². The highest BCUT2D eigenvalue weighted by atomic mass is 16.5. The Morgan fingerprint density at radius 1 is 0.931 bits per heavy atom. The zero-order chi connectivity index (χ0) is 20.6. The van der Waals surface area contributed by atoms with E-state index in [-0.39, 0.29) is 5.91 Å². The van der Waals surface area contributed by atoms with Gasteiger partial charge in [0, 0.05) is 12.1 Å². The largest absolute Gasteiger partial charge is 0.497 e. The first-order valence-corrected chi connectivity index (χ1v) is 8.99. The van der Waals surface area contributed by atoms with Gasteiger partial charge in [-0.15, -0.1) is 0 Å². The molecular weight excluding hydrogens is 370 g/mol. The van der Waals surface area contributed by atoms with Crippen molar-refractivity contribution in [3.05, 3.63) is 71.9 Å². The fourth-order valence-corrected chi connectivity index (χ4v) is 2.72. The number of nitrogens with zero attached hydrogens (tertiary/aromatic N) is 1. The minimum atomic E-state index is -0.248. The number of ether oxygens (including phenoxy) is 3. The number of rotatable bonds is 8. The quantitative estimate of drug-likeness (QED) is 0.603. The topological polar surface area (TPSA) is 81.7 Å². The van der Waals surface area contributed by atoms with Crippen LogP contribution in [0, 0.1) is 0 Å². The van der Waals surface area contributed by atoms with Gasteiger partial charge in [-0.3, -0.25) is 4.79 Å². The summed E-state index contributed by atoms with van der Waals surface area (Å²) in [5.74, 6) is 2.21. The van der Waals surface area contributed by atoms with Gasteiger partial charge in [0.05, 0.1) is 33.2 Å². The molecule has 1 aromatic heterocycles. The van der Waals surface area contributed by atoms with Crippen molar-refractivity contribution in [3.63, 3.8) is 0 Å². The molecule has 3 rings (SSSR count). The van der Waals surface area contributed by atoms with E-state index in [0.29, 0.717) is 35.2 Å². The van der Waals surface area contributed by atoms with Crippen LogP contribution in [-0.2, 0) is 6.54 Å². The molecule has 0 atom stereocenters. The number of hydrogen-bond donors (Lipinski definition) is 2. The third-order valence-corrected chi connectivity index (χ3v) is 4.28. The second kappa shape index (κ2) is 9.45. The van der Waals surface area contributed by atoms with E-state index < -0.39 is 0 Å². The van der Waals surface area contributed by atoms with Gasteiger partial charge in [-0.2, -0.15) is 0 Å². The first-order chi connectivity index (χ1) is 14.1. The van der Waals surface area contributed by atoms with Crippen LogP contribution in [0.4, 0.5) is 11.5 Å². The van der Waals surface area contributed by atoms with Crippen LogP contribution in [-0.4, -0.2) is 32.2 Å². The second-order valence-corrected chi connectivity index (χ2v) is 6.16. The Morgan fingerprint density at radius 3 is 2.45 bits per heavy atom. The Bertz CT molecular complexity index is 974. The van der Waals surface area contributed by atoms with Gasteiger partial charge >= 0.3 is 0 Å². The summed E-state index contributed by atoms with van der Waals surface area (Å²) < 4.78 is 15.7. The van der Waals surface area contributed by atoms with Crippen molar-refractivity contribution in [1.82, 2.24) is 4.98 Å². The Hall–Kier alpha value is -3.74. The van der Waals surface area contributed by atoms with E-state index in [9.17, 15) is 4.79 Å². The van der Waals surface area contributed by atoms with Crippen molar-refractivity contribution >= 4 is 17.4 Å². The molecule has 0 aliphatic rings. The number of carbonyl (C=O) groups excluding carboxylic acids is 1. The van der Waals surface area contributed by atoms with Crippen molar-refractivity contribution in [2.24, 2.45) is 0 Å². The highest BCUT2D eigenvalue weighted by molar-refractivity contribution is 6.04. The summed E-state index contributed by atoms with van der Waals surface area (Å²) in [6.07, 6.45) is 1.67. The Labute approximate surface area is 169 Å². The third-order valence-electron chi connectivity index (χ3n) is 4.28. The van der Waals surface area contributed by atoms with Crippen molar-refractivity contribution in [2.45, 2.75) is 6.54 Å². The molecule has 29 heavy (non-hydrogen) atoms. The summed E-state index contributed by atoms with van der Waals surface area (Å²) >= 11 is 0. The van der Waals surface area contributed by atoms with E-state index in [2.05, 4.69) is 15.6 Å². The summed E-state index contributed by atoms with van der Waals surface area (Å²) in [7, 11) is 4.78. The molecule has 0 fully saturated rings. The standard InChI is InChI=1S/C22H23N3O4/c1-27-18-6-4-5-16(12-18)22(26)25-21-10-8-17(14-24-21)23-13-15-7-9-19(28-2)20(11-15)29-3/h4-12,14,23H,13H2,1-3H3,(H,24,25,26). The maximum absolute atomic E-state index is 12.3. The van der Waals surface area contributed by atoms with E-state index in [1.165, 1.54) is 0 Å². The number of nitrogens with one attached hydrogen (secondary N) is 2. The fourth-order valence-electron chi connectivity index (χ4n) is 2.72. The van der Waals surface area contributed by atoms with Gasteiger partial charge in [0.25, 0.3) is 5.91 Å². The minimum absolute atomic E-state index is 0.248. The van der Waals surface area contributed by atoms with Crippen molar-refractivity contribution in [3.8, 4) is 17.2 Å². The molecule has 2 aromatic carbocycles. The number of amides is 1. The summed E-state index contributed by atoms with van der Waals surface area (Å²) in [4.78, 5) is 16.6. The number of hydrogen-bond acceptors (Lipinski definition) is 6. The molecule has 7 nitrogen and oxygen atoms in total. The lowest BCUT2D eigenvalue weighted by Gasteiger charge is -2.11. The van der Waals surface area contributed by atoms with Gasteiger partial charge in [0.1, 0.15) is 11.6 Å². The number of methoxy groups -OCH3 is 3. The van der Waals surface area contributed by atoms with Gasteiger partial charge in [-0.05, 0) is 48.0 Å². The molecule has 7 heteroatoms. The molecule has 3 aromatic rings. The van der Waals surface area contributed by atoms with Crippen molar-refractivity contribution in [1.29, 1.82) is 0 Å². The van der Waals surface area contributed by atoms with Crippen LogP contribution >= 0.6 is 0 Å².